The molecule has 1 heterocycles. The molecule has 2 rings (SSSR count). The first kappa shape index (κ1) is 15.9. The van der Waals surface area contributed by atoms with Crippen molar-refractivity contribution in [2.75, 3.05) is 19.8 Å². The molecule has 9 heteroatoms. The van der Waals surface area contributed by atoms with Gasteiger partial charge in [0.2, 0.25) is 0 Å². The number of carbonyl (C=O) groups excluding carboxylic acids is 3. The van der Waals surface area contributed by atoms with Crippen LogP contribution in [0.3, 0.4) is 0 Å². The van der Waals surface area contributed by atoms with Crippen molar-refractivity contribution in [3.8, 4) is 0 Å². The lowest BCUT2D eigenvalue weighted by molar-refractivity contribution is -0.131. The van der Waals surface area contributed by atoms with Gasteiger partial charge in [-0.05, 0) is 12.1 Å². The van der Waals surface area contributed by atoms with Crippen LogP contribution < -0.4 is 0 Å². The molecule has 0 radical (unpaired) electrons. The fourth-order valence-corrected chi connectivity index (χ4v) is 2.29. The Kier molecular flexibility index (Phi) is 4.92. The summed E-state index contributed by atoms with van der Waals surface area (Å²) >= 11 is 17.5. The zero-order valence-corrected chi connectivity index (χ0v) is 12.7. The van der Waals surface area contributed by atoms with Crippen LogP contribution in [-0.2, 0) is 14.3 Å². The summed E-state index contributed by atoms with van der Waals surface area (Å²) in [5.41, 5.74) is -0.136. The number of cyclic esters (lactones) is 1. The summed E-state index contributed by atoms with van der Waals surface area (Å²) in [7, 11) is 0. The van der Waals surface area contributed by atoms with E-state index >= 15 is 0 Å². The highest BCUT2D eigenvalue weighted by atomic mass is 35.5. The minimum absolute atomic E-state index is 0.0439. The molecule has 1 aromatic carbocycles. The molecule has 0 bridgehead atoms. The number of ether oxygens (including phenoxy) is 2. The Hall–Kier alpha value is -1.50. The lowest BCUT2D eigenvalue weighted by Crippen LogP contribution is -2.35. The third kappa shape index (κ3) is 3.40. The van der Waals surface area contributed by atoms with Gasteiger partial charge in [-0.1, -0.05) is 34.8 Å². The number of hydrogen-bond donors (Lipinski definition) is 0. The average molecular weight is 353 g/mol. The highest BCUT2D eigenvalue weighted by molar-refractivity contribution is 6.46. The summed E-state index contributed by atoms with van der Waals surface area (Å²) in [6.45, 7) is -0.397. The van der Waals surface area contributed by atoms with Crippen LogP contribution in [0.15, 0.2) is 12.1 Å². The zero-order valence-electron chi connectivity index (χ0n) is 10.4. The second-order valence-electron chi connectivity index (χ2n) is 3.95. The number of amides is 2. The predicted octanol–water partition coefficient (Wildman–Crippen LogP) is 2.78. The third-order valence-electron chi connectivity index (χ3n) is 2.64. The van der Waals surface area contributed by atoms with Crippen molar-refractivity contribution in [1.82, 2.24) is 4.90 Å². The summed E-state index contributed by atoms with van der Waals surface area (Å²) in [6.07, 6.45) is -0.769. The standard InChI is InChI=1S/C12H8Cl3NO5/c13-6-1-2-7(14)10(15)9(6)11(18)21-5-8(17)16-3-4-20-12(16)19/h1-2H,3-5H2. The maximum atomic E-state index is 11.9. The van der Waals surface area contributed by atoms with Gasteiger partial charge >= 0.3 is 12.1 Å². The Morgan fingerprint density at radius 3 is 2.52 bits per heavy atom. The Morgan fingerprint density at radius 1 is 1.24 bits per heavy atom. The Morgan fingerprint density at radius 2 is 1.90 bits per heavy atom. The van der Waals surface area contributed by atoms with Gasteiger partial charge in [-0.3, -0.25) is 4.79 Å². The summed E-state index contributed by atoms with van der Waals surface area (Å²) in [5.74, 6) is -1.60. The average Bonchev–Trinajstić information content (AvgIpc) is 2.87. The third-order valence-corrected chi connectivity index (χ3v) is 3.76. The SMILES string of the molecule is O=C(OCC(=O)N1CCOC1=O)c1c(Cl)ccc(Cl)c1Cl. The molecule has 6 nitrogen and oxygen atoms in total. The van der Waals surface area contributed by atoms with Crippen LogP contribution in [0.1, 0.15) is 10.4 Å². The fraction of sp³-hybridized carbons (Fsp3) is 0.250. The number of hydrogen-bond acceptors (Lipinski definition) is 5. The van der Waals surface area contributed by atoms with Crippen molar-refractivity contribution in [2.24, 2.45) is 0 Å². The van der Waals surface area contributed by atoms with Crippen LogP contribution in [0.2, 0.25) is 15.1 Å². The van der Waals surface area contributed by atoms with E-state index in [2.05, 4.69) is 4.74 Å². The molecule has 0 saturated carbocycles. The zero-order chi connectivity index (χ0) is 15.6. The first-order valence-corrected chi connectivity index (χ1v) is 6.83. The number of nitrogens with zero attached hydrogens (tertiary/aromatic N) is 1. The van der Waals surface area contributed by atoms with Gasteiger partial charge in [-0.25, -0.2) is 14.5 Å². The van der Waals surface area contributed by atoms with Crippen molar-refractivity contribution in [3.63, 3.8) is 0 Å². The number of carbonyl (C=O) groups is 3. The summed E-state index contributed by atoms with van der Waals surface area (Å²) in [4.78, 5) is 35.6. The van der Waals surface area contributed by atoms with Crippen molar-refractivity contribution >= 4 is 52.8 Å². The van der Waals surface area contributed by atoms with Crippen molar-refractivity contribution in [2.45, 2.75) is 0 Å². The van der Waals surface area contributed by atoms with Crippen molar-refractivity contribution in [3.05, 3.63) is 32.8 Å². The molecule has 0 aromatic heterocycles. The largest absolute Gasteiger partial charge is 0.452 e. The highest BCUT2D eigenvalue weighted by Crippen LogP contribution is 2.31. The molecule has 1 aromatic rings. The van der Waals surface area contributed by atoms with Crippen molar-refractivity contribution in [1.29, 1.82) is 0 Å². The molecule has 0 unspecified atom stereocenters. The molecule has 21 heavy (non-hydrogen) atoms. The van der Waals surface area contributed by atoms with Crippen LogP contribution in [-0.4, -0.2) is 42.6 Å². The molecule has 0 N–H and O–H groups in total. The summed E-state index contributed by atoms with van der Waals surface area (Å²) < 4.78 is 9.40. The van der Waals surface area contributed by atoms with Gasteiger partial charge in [0.25, 0.3) is 5.91 Å². The van der Waals surface area contributed by atoms with E-state index in [0.717, 1.165) is 4.90 Å². The first-order chi connectivity index (χ1) is 9.91. The van der Waals surface area contributed by atoms with E-state index in [4.69, 9.17) is 39.5 Å². The lowest BCUT2D eigenvalue weighted by Gasteiger charge is -2.12. The summed E-state index contributed by atoms with van der Waals surface area (Å²) in [6, 6.07) is 2.81. The van der Waals surface area contributed by atoms with Crippen LogP contribution in [0, 0.1) is 0 Å². The Bertz CT molecular complexity index is 619. The van der Waals surface area contributed by atoms with E-state index in [1.807, 2.05) is 0 Å². The molecule has 1 aliphatic rings. The maximum Gasteiger partial charge on any atom is 0.416 e. The Balaban J connectivity index is 2.04. The van der Waals surface area contributed by atoms with E-state index in [9.17, 15) is 14.4 Å². The second kappa shape index (κ2) is 6.51. The molecule has 0 spiro atoms. The monoisotopic (exact) mass is 351 g/mol. The van der Waals surface area contributed by atoms with Gasteiger partial charge in [0.05, 0.1) is 27.2 Å². The Labute approximate surface area is 134 Å². The van der Waals surface area contributed by atoms with Crippen LogP contribution in [0.25, 0.3) is 0 Å². The predicted molar refractivity (Wildman–Crippen MR) is 74.8 cm³/mol. The molecule has 0 aliphatic carbocycles. The fourth-order valence-electron chi connectivity index (χ4n) is 1.61. The van der Waals surface area contributed by atoms with E-state index < -0.39 is 24.6 Å². The summed E-state index contributed by atoms with van der Waals surface area (Å²) in [5, 5.41) is 0.104. The number of benzene rings is 1. The van der Waals surface area contributed by atoms with E-state index in [1.54, 1.807) is 0 Å². The second-order valence-corrected chi connectivity index (χ2v) is 5.15. The molecule has 1 saturated heterocycles. The van der Waals surface area contributed by atoms with Gasteiger partial charge in [0, 0.05) is 0 Å². The van der Waals surface area contributed by atoms with E-state index in [0.29, 0.717) is 0 Å². The normalized spacial score (nSPS) is 14.0. The number of rotatable bonds is 3. The first-order valence-electron chi connectivity index (χ1n) is 5.69. The maximum absolute atomic E-state index is 11.9. The minimum Gasteiger partial charge on any atom is -0.452 e. The number of imide groups is 1. The molecule has 0 atom stereocenters. The number of halogens is 3. The molecule has 2 amide bonds. The number of esters is 1. The van der Waals surface area contributed by atoms with Gasteiger partial charge in [0.1, 0.15) is 6.61 Å². The van der Waals surface area contributed by atoms with E-state index in [1.165, 1.54) is 12.1 Å². The quantitative estimate of drug-likeness (QED) is 0.618. The van der Waals surface area contributed by atoms with Crippen molar-refractivity contribution < 1.29 is 23.9 Å². The van der Waals surface area contributed by atoms with Gasteiger partial charge in [-0.15, -0.1) is 0 Å². The van der Waals surface area contributed by atoms with Crippen LogP contribution in [0.5, 0.6) is 0 Å². The smallest absolute Gasteiger partial charge is 0.416 e. The van der Waals surface area contributed by atoms with Crippen LogP contribution >= 0.6 is 34.8 Å². The topological polar surface area (TPSA) is 72.9 Å². The van der Waals surface area contributed by atoms with Crippen LogP contribution in [0.4, 0.5) is 4.79 Å². The van der Waals surface area contributed by atoms with Gasteiger partial charge in [0.15, 0.2) is 6.61 Å². The molecule has 1 aliphatic heterocycles. The molecular weight excluding hydrogens is 344 g/mol. The highest BCUT2D eigenvalue weighted by Gasteiger charge is 2.29. The lowest BCUT2D eigenvalue weighted by atomic mass is 10.2. The molecule has 1 fully saturated rings. The van der Waals surface area contributed by atoms with E-state index in [-0.39, 0.29) is 33.8 Å². The molecule has 112 valence electrons. The minimum atomic E-state index is -0.909. The molecular formula is C12H8Cl3NO5. The van der Waals surface area contributed by atoms with Gasteiger partial charge in [-0.2, -0.15) is 0 Å². The van der Waals surface area contributed by atoms with Gasteiger partial charge < -0.3 is 9.47 Å².